The minimum absolute atomic E-state index is 0.0829. The molecule has 0 aromatic heterocycles. The van der Waals surface area contributed by atoms with Crippen molar-refractivity contribution < 1.29 is 13.9 Å². The van der Waals surface area contributed by atoms with Crippen molar-refractivity contribution in [3.63, 3.8) is 0 Å². The SMILES string of the molecule is CCCNC(C)(C(=O)OCC)c1cc(F)c(Cl)cc1Cl. The lowest BCUT2D eigenvalue weighted by atomic mass is 9.91. The van der Waals surface area contributed by atoms with E-state index >= 15 is 0 Å². The fraction of sp³-hybridized carbons (Fsp3) is 0.500. The molecule has 1 N–H and O–H groups in total. The van der Waals surface area contributed by atoms with E-state index in [-0.39, 0.29) is 16.7 Å². The van der Waals surface area contributed by atoms with Gasteiger partial charge in [-0.25, -0.2) is 9.18 Å². The number of rotatable bonds is 6. The molecule has 0 saturated heterocycles. The molecular formula is C14H18Cl2FNO2. The molecule has 0 aliphatic rings. The highest BCUT2D eigenvalue weighted by Crippen LogP contribution is 2.33. The molecule has 0 amide bonds. The van der Waals surface area contributed by atoms with Gasteiger partial charge in [0.2, 0.25) is 0 Å². The van der Waals surface area contributed by atoms with Crippen LogP contribution >= 0.6 is 23.2 Å². The van der Waals surface area contributed by atoms with Crippen molar-refractivity contribution in [2.24, 2.45) is 0 Å². The van der Waals surface area contributed by atoms with Crippen molar-refractivity contribution in [1.29, 1.82) is 0 Å². The van der Waals surface area contributed by atoms with E-state index in [1.165, 1.54) is 12.1 Å². The van der Waals surface area contributed by atoms with Gasteiger partial charge in [-0.2, -0.15) is 0 Å². The molecule has 1 aromatic carbocycles. The van der Waals surface area contributed by atoms with Crippen molar-refractivity contribution >= 4 is 29.2 Å². The Balaban J connectivity index is 3.29. The minimum atomic E-state index is -1.21. The van der Waals surface area contributed by atoms with Crippen molar-refractivity contribution in [1.82, 2.24) is 5.32 Å². The molecule has 0 saturated carbocycles. The van der Waals surface area contributed by atoms with Crippen LogP contribution in [0, 0.1) is 5.82 Å². The Morgan fingerprint density at radius 2 is 2.00 bits per heavy atom. The highest BCUT2D eigenvalue weighted by Gasteiger charge is 2.38. The molecule has 0 bridgehead atoms. The topological polar surface area (TPSA) is 38.3 Å². The Hall–Kier alpha value is -0.840. The normalized spacial score (nSPS) is 13.9. The third-order valence-corrected chi connectivity index (χ3v) is 3.56. The number of hydrogen-bond donors (Lipinski definition) is 1. The number of nitrogens with one attached hydrogen (secondary N) is 1. The average molecular weight is 322 g/mol. The van der Waals surface area contributed by atoms with Crippen LogP contribution in [0.1, 0.15) is 32.8 Å². The highest BCUT2D eigenvalue weighted by atomic mass is 35.5. The zero-order chi connectivity index (χ0) is 15.3. The molecule has 0 heterocycles. The quantitative estimate of drug-likeness (QED) is 0.637. The van der Waals surface area contributed by atoms with E-state index in [9.17, 15) is 9.18 Å². The predicted molar refractivity (Wildman–Crippen MR) is 78.7 cm³/mol. The van der Waals surface area contributed by atoms with E-state index in [1.54, 1.807) is 13.8 Å². The number of hydrogen-bond acceptors (Lipinski definition) is 3. The first-order valence-electron chi connectivity index (χ1n) is 6.44. The summed E-state index contributed by atoms with van der Waals surface area (Å²) in [6.07, 6.45) is 0.808. The molecule has 1 unspecified atom stereocenters. The van der Waals surface area contributed by atoms with Gasteiger partial charge in [-0.15, -0.1) is 0 Å². The minimum Gasteiger partial charge on any atom is -0.464 e. The third kappa shape index (κ3) is 3.62. The Morgan fingerprint density at radius 1 is 1.35 bits per heavy atom. The van der Waals surface area contributed by atoms with Crippen LogP contribution in [0.25, 0.3) is 0 Å². The molecule has 6 heteroatoms. The first-order chi connectivity index (χ1) is 9.36. The van der Waals surface area contributed by atoms with Gasteiger partial charge < -0.3 is 4.74 Å². The van der Waals surface area contributed by atoms with Crippen LogP contribution < -0.4 is 5.32 Å². The number of carbonyl (C=O) groups is 1. The van der Waals surface area contributed by atoms with E-state index in [4.69, 9.17) is 27.9 Å². The van der Waals surface area contributed by atoms with Crippen LogP contribution in [0.2, 0.25) is 10.0 Å². The smallest absolute Gasteiger partial charge is 0.330 e. The van der Waals surface area contributed by atoms with Gasteiger partial charge in [-0.1, -0.05) is 30.1 Å². The van der Waals surface area contributed by atoms with E-state index < -0.39 is 17.3 Å². The van der Waals surface area contributed by atoms with Crippen LogP contribution in [-0.4, -0.2) is 19.1 Å². The third-order valence-electron chi connectivity index (χ3n) is 2.96. The number of benzene rings is 1. The predicted octanol–water partition coefficient (Wildman–Crippen LogP) is 3.91. The summed E-state index contributed by atoms with van der Waals surface area (Å²) < 4.78 is 18.8. The van der Waals surface area contributed by atoms with Gasteiger partial charge in [-0.3, -0.25) is 5.32 Å². The van der Waals surface area contributed by atoms with Crippen LogP contribution in [0.15, 0.2) is 12.1 Å². The van der Waals surface area contributed by atoms with Gasteiger partial charge >= 0.3 is 5.97 Å². The molecule has 0 aliphatic heterocycles. The Labute approximate surface area is 128 Å². The summed E-state index contributed by atoms with van der Waals surface area (Å²) in [5, 5.41) is 3.20. The van der Waals surface area contributed by atoms with Crippen molar-refractivity contribution in [2.45, 2.75) is 32.7 Å². The van der Waals surface area contributed by atoms with E-state index in [0.29, 0.717) is 12.1 Å². The lowest BCUT2D eigenvalue weighted by Gasteiger charge is -2.30. The summed E-state index contributed by atoms with van der Waals surface area (Å²) in [6, 6.07) is 2.46. The maximum Gasteiger partial charge on any atom is 0.330 e. The average Bonchev–Trinajstić information content (AvgIpc) is 2.40. The Kier molecular flexibility index (Phi) is 6.24. The second-order valence-electron chi connectivity index (χ2n) is 4.52. The summed E-state index contributed by atoms with van der Waals surface area (Å²) in [5.41, 5.74) is -0.901. The molecule has 112 valence electrons. The largest absolute Gasteiger partial charge is 0.464 e. The van der Waals surface area contributed by atoms with Crippen LogP contribution in [-0.2, 0) is 15.1 Å². The molecular weight excluding hydrogens is 304 g/mol. The summed E-state index contributed by atoms with van der Waals surface area (Å²) in [4.78, 5) is 12.2. The summed E-state index contributed by atoms with van der Waals surface area (Å²) in [7, 11) is 0. The van der Waals surface area contributed by atoms with Crippen LogP contribution in [0.3, 0.4) is 0 Å². The zero-order valence-electron chi connectivity index (χ0n) is 11.7. The number of ether oxygens (including phenoxy) is 1. The summed E-state index contributed by atoms with van der Waals surface area (Å²) in [6.45, 7) is 6.09. The molecule has 1 atom stereocenters. The maximum atomic E-state index is 13.7. The lowest BCUT2D eigenvalue weighted by molar-refractivity contribution is -0.151. The second-order valence-corrected chi connectivity index (χ2v) is 5.33. The molecule has 3 nitrogen and oxygen atoms in total. The number of esters is 1. The first kappa shape index (κ1) is 17.2. The van der Waals surface area contributed by atoms with Crippen LogP contribution in [0.5, 0.6) is 0 Å². The maximum absolute atomic E-state index is 13.7. The van der Waals surface area contributed by atoms with Gasteiger partial charge in [0, 0.05) is 10.6 Å². The van der Waals surface area contributed by atoms with Crippen molar-refractivity contribution in [3.05, 3.63) is 33.6 Å². The molecule has 0 spiro atoms. The van der Waals surface area contributed by atoms with E-state index in [1.807, 2.05) is 6.92 Å². The first-order valence-corrected chi connectivity index (χ1v) is 7.19. The van der Waals surface area contributed by atoms with Gasteiger partial charge in [-0.05, 0) is 38.9 Å². The number of carbonyl (C=O) groups excluding carboxylic acids is 1. The molecule has 1 aromatic rings. The molecule has 0 radical (unpaired) electrons. The summed E-state index contributed by atoms with van der Waals surface area (Å²) in [5.74, 6) is -1.13. The lowest BCUT2D eigenvalue weighted by Crippen LogP contribution is -2.48. The van der Waals surface area contributed by atoms with Crippen molar-refractivity contribution in [3.8, 4) is 0 Å². The standard InChI is InChI=1S/C14H18Cl2FNO2/c1-4-6-18-14(3,13(19)20-5-2)9-7-12(17)11(16)8-10(9)15/h7-8,18H,4-6H2,1-3H3. The zero-order valence-corrected chi connectivity index (χ0v) is 13.2. The van der Waals surface area contributed by atoms with Crippen molar-refractivity contribution in [2.75, 3.05) is 13.2 Å². The fourth-order valence-corrected chi connectivity index (χ4v) is 2.41. The molecule has 1 rings (SSSR count). The van der Waals surface area contributed by atoms with Crippen LogP contribution in [0.4, 0.5) is 4.39 Å². The van der Waals surface area contributed by atoms with E-state index in [2.05, 4.69) is 5.32 Å². The number of halogens is 3. The molecule has 0 fully saturated rings. The Bertz CT molecular complexity index is 496. The second kappa shape index (κ2) is 7.25. The van der Waals surface area contributed by atoms with Gasteiger partial charge in [0.1, 0.15) is 11.4 Å². The summed E-state index contributed by atoms with van der Waals surface area (Å²) >= 11 is 11.8. The molecule has 20 heavy (non-hydrogen) atoms. The monoisotopic (exact) mass is 321 g/mol. The fourth-order valence-electron chi connectivity index (χ4n) is 1.83. The molecule has 0 aliphatic carbocycles. The van der Waals surface area contributed by atoms with Gasteiger partial charge in [0.25, 0.3) is 0 Å². The highest BCUT2D eigenvalue weighted by molar-refractivity contribution is 6.35. The van der Waals surface area contributed by atoms with Gasteiger partial charge in [0.05, 0.1) is 11.6 Å². The van der Waals surface area contributed by atoms with E-state index in [0.717, 1.165) is 6.42 Å². The van der Waals surface area contributed by atoms with Gasteiger partial charge in [0.15, 0.2) is 0 Å². The Morgan fingerprint density at radius 3 is 2.55 bits per heavy atom.